The second kappa shape index (κ2) is 9.22. The summed E-state index contributed by atoms with van der Waals surface area (Å²) < 4.78 is 5.51. The summed E-state index contributed by atoms with van der Waals surface area (Å²) in [5.41, 5.74) is 0. The molecular weight excluding hydrogens is 306 g/mol. The van der Waals surface area contributed by atoms with Gasteiger partial charge in [-0.3, -0.25) is 14.7 Å². The zero-order valence-electron chi connectivity index (χ0n) is 15.5. The molecule has 0 radical (unpaired) electrons. The summed E-state index contributed by atoms with van der Waals surface area (Å²) in [6, 6.07) is 1.16. The maximum absolute atomic E-state index is 11.8. The minimum Gasteiger partial charge on any atom is -0.379 e. The Morgan fingerprint density at radius 2 is 2.21 bits per heavy atom. The number of ether oxygens (including phenoxy) is 1. The van der Waals surface area contributed by atoms with Gasteiger partial charge < -0.3 is 20.3 Å². The van der Waals surface area contributed by atoms with Gasteiger partial charge in [-0.05, 0) is 20.3 Å². The largest absolute Gasteiger partial charge is 0.379 e. The number of carbonyl (C=O) groups excluding carboxylic acids is 1. The van der Waals surface area contributed by atoms with Crippen LogP contribution in [-0.2, 0) is 9.53 Å². The topological polar surface area (TPSA) is 69.2 Å². The van der Waals surface area contributed by atoms with Crippen LogP contribution in [0.3, 0.4) is 0 Å². The molecule has 0 aliphatic carbocycles. The molecule has 2 heterocycles. The van der Waals surface area contributed by atoms with Crippen molar-refractivity contribution in [1.82, 2.24) is 20.4 Å². The van der Waals surface area contributed by atoms with E-state index in [1.165, 1.54) is 0 Å². The van der Waals surface area contributed by atoms with Gasteiger partial charge in [0.1, 0.15) is 0 Å². The van der Waals surface area contributed by atoms with Crippen molar-refractivity contribution in [3.63, 3.8) is 0 Å². The number of hydrogen-bond acceptors (Lipinski definition) is 4. The van der Waals surface area contributed by atoms with E-state index in [9.17, 15) is 4.79 Å². The van der Waals surface area contributed by atoms with Crippen molar-refractivity contribution in [3.8, 4) is 0 Å². The number of amides is 1. The Balaban J connectivity index is 1.75. The molecule has 2 rings (SSSR count). The summed E-state index contributed by atoms with van der Waals surface area (Å²) in [5.74, 6) is 1.05. The third-order valence-corrected chi connectivity index (χ3v) is 4.96. The molecule has 0 aromatic rings. The number of carbonyl (C=O) groups is 1. The first-order chi connectivity index (χ1) is 11.5. The molecular formula is C17H33N5O2. The van der Waals surface area contributed by atoms with Gasteiger partial charge in [0, 0.05) is 57.8 Å². The maximum Gasteiger partial charge on any atom is 0.222 e. The average Bonchev–Trinajstić information content (AvgIpc) is 3.06. The minimum absolute atomic E-state index is 0.233. The zero-order chi connectivity index (χ0) is 17.5. The molecule has 1 amide bonds. The maximum atomic E-state index is 11.8. The smallest absolute Gasteiger partial charge is 0.222 e. The monoisotopic (exact) mass is 339 g/mol. The highest BCUT2D eigenvalue weighted by atomic mass is 16.5. The molecule has 7 nitrogen and oxygen atoms in total. The molecule has 7 heteroatoms. The normalized spacial score (nSPS) is 27.2. The van der Waals surface area contributed by atoms with E-state index in [1.807, 2.05) is 11.8 Å². The molecule has 3 atom stereocenters. The number of aliphatic imine (C=N–C) groups is 1. The van der Waals surface area contributed by atoms with Crippen LogP contribution in [0.5, 0.6) is 0 Å². The lowest BCUT2D eigenvalue weighted by Crippen LogP contribution is -2.53. The second-order valence-corrected chi connectivity index (χ2v) is 6.79. The predicted molar refractivity (Wildman–Crippen MR) is 96.2 cm³/mol. The van der Waals surface area contributed by atoms with E-state index in [0.717, 1.165) is 51.8 Å². The van der Waals surface area contributed by atoms with E-state index in [1.54, 1.807) is 7.05 Å². The molecule has 138 valence electrons. The molecule has 2 aliphatic rings. The first-order valence-electron chi connectivity index (χ1n) is 9.13. The minimum atomic E-state index is 0.233. The average molecular weight is 339 g/mol. The first-order valence-corrected chi connectivity index (χ1v) is 9.13. The summed E-state index contributed by atoms with van der Waals surface area (Å²) >= 11 is 0. The summed E-state index contributed by atoms with van der Waals surface area (Å²) in [4.78, 5) is 20.5. The van der Waals surface area contributed by atoms with Gasteiger partial charge in [0.2, 0.25) is 5.91 Å². The third-order valence-electron chi connectivity index (χ3n) is 4.96. The standard InChI is InChI=1S/C17H33N5O2/c1-5-16(23)21-7-6-15(11-21)20-17(18-4)19-10-13(2)22-8-9-24-12-14(22)3/h13-15H,5-12H2,1-4H3,(H2,18,19,20). The van der Waals surface area contributed by atoms with Crippen LogP contribution < -0.4 is 10.6 Å². The SMILES string of the molecule is CCC(=O)N1CCC(NC(=NC)NCC(C)N2CCOCC2C)C1. The van der Waals surface area contributed by atoms with E-state index < -0.39 is 0 Å². The molecule has 0 bridgehead atoms. The van der Waals surface area contributed by atoms with Crippen molar-refractivity contribution >= 4 is 11.9 Å². The van der Waals surface area contributed by atoms with Crippen LogP contribution in [0.2, 0.25) is 0 Å². The van der Waals surface area contributed by atoms with Crippen LogP contribution in [0.4, 0.5) is 0 Å². The van der Waals surface area contributed by atoms with Crippen molar-refractivity contribution in [2.45, 2.75) is 51.7 Å². The van der Waals surface area contributed by atoms with Gasteiger partial charge >= 0.3 is 0 Å². The molecule has 0 spiro atoms. The fourth-order valence-electron chi connectivity index (χ4n) is 3.47. The molecule has 0 saturated carbocycles. The molecule has 24 heavy (non-hydrogen) atoms. The Labute approximate surface area is 145 Å². The van der Waals surface area contributed by atoms with Gasteiger partial charge in [0.25, 0.3) is 0 Å². The van der Waals surface area contributed by atoms with Gasteiger partial charge in [-0.1, -0.05) is 6.92 Å². The molecule has 2 N–H and O–H groups in total. The van der Waals surface area contributed by atoms with Crippen LogP contribution in [0.1, 0.15) is 33.6 Å². The van der Waals surface area contributed by atoms with Crippen LogP contribution >= 0.6 is 0 Å². The van der Waals surface area contributed by atoms with Crippen LogP contribution in [0, 0.1) is 0 Å². The third kappa shape index (κ3) is 5.08. The van der Waals surface area contributed by atoms with Crippen molar-refractivity contribution in [1.29, 1.82) is 0 Å². The highest BCUT2D eigenvalue weighted by Gasteiger charge is 2.27. The number of morpholine rings is 1. The van der Waals surface area contributed by atoms with Gasteiger partial charge in [0.15, 0.2) is 5.96 Å². The van der Waals surface area contributed by atoms with E-state index in [0.29, 0.717) is 18.5 Å². The van der Waals surface area contributed by atoms with Crippen molar-refractivity contribution in [2.75, 3.05) is 46.4 Å². The molecule has 2 fully saturated rings. The lowest BCUT2D eigenvalue weighted by molar-refractivity contribution is -0.129. The zero-order valence-corrected chi connectivity index (χ0v) is 15.5. The molecule has 2 aliphatic heterocycles. The highest BCUT2D eigenvalue weighted by Crippen LogP contribution is 2.11. The quantitative estimate of drug-likeness (QED) is 0.556. The van der Waals surface area contributed by atoms with E-state index >= 15 is 0 Å². The Morgan fingerprint density at radius 1 is 1.42 bits per heavy atom. The first kappa shape index (κ1) is 19.0. The van der Waals surface area contributed by atoms with Crippen molar-refractivity contribution in [3.05, 3.63) is 0 Å². The molecule has 0 aromatic heterocycles. The Morgan fingerprint density at radius 3 is 2.88 bits per heavy atom. The van der Waals surface area contributed by atoms with Crippen molar-refractivity contribution < 1.29 is 9.53 Å². The second-order valence-electron chi connectivity index (χ2n) is 6.79. The lowest BCUT2D eigenvalue weighted by atomic mass is 10.2. The predicted octanol–water partition coefficient (Wildman–Crippen LogP) is 0.272. The van der Waals surface area contributed by atoms with Crippen LogP contribution in [0.25, 0.3) is 0 Å². The summed E-state index contributed by atoms with van der Waals surface area (Å²) in [6.45, 7) is 11.4. The van der Waals surface area contributed by atoms with Crippen LogP contribution in [0.15, 0.2) is 4.99 Å². The number of likely N-dealkylation sites (tertiary alicyclic amines) is 1. The fraction of sp³-hybridized carbons (Fsp3) is 0.882. The lowest BCUT2D eigenvalue weighted by Gasteiger charge is -2.38. The molecule has 2 saturated heterocycles. The van der Waals surface area contributed by atoms with Gasteiger partial charge in [-0.15, -0.1) is 0 Å². The van der Waals surface area contributed by atoms with Gasteiger partial charge in [-0.2, -0.15) is 0 Å². The van der Waals surface area contributed by atoms with Gasteiger partial charge in [-0.25, -0.2) is 0 Å². The highest BCUT2D eigenvalue weighted by molar-refractivity contribution is 5.80. The summed E-state index contributed by atoms with van der Waals surface area (Å²) in [6.07, 6.45) is 1.55. The Kier molecular flexibility index (Phi) is 7.30. The molecule has 3 unspecified atom stereocenters. The van der Waals surface area contributed by atoms with E-state index in [4.69, 9.17) is 4.74 Å². The number of nitrogens with zero attached hydrogens (tertiary/aromatic N) is 3. The number of guanidine groups is 1. The van der Waals surface area contributed by atoms with Crippen LogP contribution in [-0.4, -0.2) is 86.2 Å². The summed E-state index contributed by atoms with van der Waals surface area (Å²) in [7, 11) is 1.79. The van der Waals surface area contributed by atoms with Gasteiger partial charge in [0.05, 0.1) is 13.2 Å². The number of rotatable bonds is 5. The summed E-state index contributed by atoms with van der Waals surface area (Å²) in [5, 5.41) is 6.87. The van der Waals surface area contributed by atoms with E-state index in [-0.39, 0.29) is 11.9 Å². The van der Waals surface area contributed by atoms with Crippen molar-refractivity contribution in [2.24, 2.45) is 4.99 Å². The molecule has 0 aromatic carbocycles. The Hall–Kier alpha value is -1.34. The fourth-order valence-corrected chi connectivity index (χ4v) is 3.47. The van der Waals surface area contributed by atoms with E-state index in [2.05, 4.69) is 34.4 Å². The number of nitrogens with one attached hydrogen (secondary N) is 2. The Bertz CT molecular complexity index is 443. The number of hydrogen-bond donors (Lipinski definition) is 2.